The predicted octanol–water partition coefficient (Wildman–Crippen LogP) is 4.02. The molecule has 112 valence electrons. The number of hydrogen-bond acceptors (Lipinski definition) is 3. The Morgan fingerprint density at radius 1 is 0.857 bits per heavy atom. The van der Waals surface area contributed by atoms with Crippen LogP contribution in [0.1, 0.15) is 26.3 Å². The van der Waals surface area contributed by atoms with E-state index in [-0.39, 0.29) is 5.41 Å². The Morgan fingerprint density at radius 3 is 2.00 bits per heavy atom. The van der Waals surface area contributed by atoms with Gasteiger partial charge in [0.15, 0.2) is 0 Å². The van der Waals surface area contributed by atoms with E-state index in [1.165, 1.54) is 5.56 Å². The van der Waals surface area contributed by atoms with Gasteiger partial charge in [-0.05, 0) is 35.2 Å². The molecule has 21 heavy (non-hydrogen) atoms. The van der Waals surface area contributed by atoms with Crippen LogP contribution in [0.25, 0.3) is 0 Å². The Kier molecular flexibility index (Phi) is 4.73. The van der Waals surface area contributed by atoms with Crippen LogP contribution in [0.4, 0.5) is 5.69 Å². The van der Waals surface area contributed by atoms with Crippen molar-refractivity contribution in [2.24, 2.45) is 0 Å². The molecule has 0 amide bonds. The van der Waals surface area contributed by atoms with Crippen LogP contribution in [-0.2, 0) is 5.41 Å². The summed E-state index contributed by atoms with van der Waals surface area (Å²) >= 11 is 0. The van der Waals surface area contributed by atoms with Crippen LogP contribution in [-0.4, -0.2) is 13.2 Å². The highest BCUT2D eigenvalue weighted by molar-refractivity contribution is 5.43. The van der Waals surface area contributed by atoms with Gasteiger partial charge in [0.05, 0.1) is 0 Å². The highest BCUT2D eigenvalue weighted by atomic mass is 16.5. The van der Waals surface area contributed by atoms with Crippen LogP contribution in [0.2, 0.25) is 0 Å². The number of benzene rings is 2. The van der Waals surface area contributed by atoms with Crippen molar-refractivity contribution in [2.45, 2.75) is 26.2 Å². The SMILES string of the molecule is CC(C)(C)c1cccc(OCCOc2cccc(N)c2)c1. The molecule has 0 spiro atoms. The average molecular weight is 285 g/mol. The van der Waals surface area contributed by atoms with Gasteiger partial charge in [-0.2, -0.15) is 0 Å². The second-order valence-corrected chi connectivity index (χ2v) is 6.05. The number of anilines is 1. The Morgan fingerprint density at radius 2 is 1.43 bits per heavy atom. The standard InChI is InChI=1S/C18H23NO2/c1-18(2,3)14-6-4-8-16(12-14)20-10-11-21-17-9-5-7-15(19)13-17/h4-9,12-13H,10-11,19H2,1-3H3. The number of nitrogens with two attached hydrogens (primary N) is 1. The van der Waals surface area contributed by atoms with Gasteiger partial charge in [0.25, 0.3) is 0 Å². The summed E-state index contributed by atoms with van der Waals surface area (Å²) < 4.78 is 11.3. The van der Waals surface area contributed by atoms with E-state index in [1.54, 1.807) is 6.07 Å². The zero-order valence-corrected chi connectivity index (χ0v) is 12.9. The Labute approximate surface area is 126 Å². The van der Waals surface area contributed by atoms with Crippen LogP contribution in [0.3, 0.4) is 0 Å². The molecule has 0 aliphatic heterocycles. The molecule has 0 saturated carbocycles. The molecular formula is C18H23NO2. The third-order valence-electron chi connectivity index (χ3n) is 3.18. The molecule has 3 nitrogen and oxygen atoms in total. The fourth-order valence-corrected chi connectivity index (χ4v) is 1.98. The largest absolute Gasteiger partial charge is 0.490 e. The minimum Gasteiger partial charge on any atom is -0.490 e. The second kappa shape index (κ2) is 6.53. The number of ether oxygens (including phenoxy) is 2. The molecule has 0 radical (unpaired) electrons. The fourth-order valence-electron chi connectivity index (χ4n) is 1.98. The first kappa shape index (κ1) is 15.2. The van der Waals surface area contributed by atoms with Crippen LogP contribution in [0, 0.1) is 0 Å². The molecule has 2 aromatic carbocycles. The molecular weight excluding hydrogens is 262 g/mol. The summed E-state index contributed by atoms with van der Waals surface area (Å²) in [6.45, 7) is 7.56. The Hall–Kier alpha value is -2.16. The van der Waals surface area contributed by atoms with E-state index >= 15 is 0 Å². The van der Waals surface area contributed by atoms with Gasteiger partial charge in [-0.15, -0.1) is 0 Å². The molecule has 0 bridgehead atoms. The summed E-state index contributed by atoms with van der Waals surface area (Å²) in [4.78, 5) is 0. The molecule has 2 N–H and O–H groups in total. The molecule has 0 aliphatic carbocycles. The van der Waals surface area contributed by atoms with E-state index in [1.807, 2.05) is 30.3 Å². The van der Waals surface area contributed by atoms with Crippen molar-refractivity contribution < 1.29 is 9.47 Å². The van der Waals surface area contributed by atoms with Crippen molar-refractivity contribution in [2.75, 3.05) is 18.9 Å². The molecule has 0 saturated heterocycles. The van der Waals surface area contributed by atoms with Gasteiger partial charge in [0.1, 0.15) is 24.7 Å². The summed E-state index contributed by atoms with van der Waals surface area (Å²) in [5.74, 6) is 1.64. The predicted molar refractivity (Wildman–Crippen MR) is 87.0 cm³/mol. The normalized spacial score (nSPS) is 11.2. The summed E-state index contributed by atoms with van der Waals surface area (Å²) in [7, 11) is 0. The van der Waals surface area contributed by atoms with E-state index in [2.05, 4.69) is 32.9 Å². The van der Waals surface area contributed by atoms with Crippen LogP contribution in [0.15, 0.2) is 48.5 Å². The van der Waals surface area contributed by atoms with Crippen molar-refractivity contribution in [3.05, 3.63) is 54.1 Å². The molecule has 0 atom stereocenters. The highest BCUT2D eigenvalue weighted by Crippen LogP contribution is 2.25. The molecule has 0 aliphatic rings. The first-order valence-electron chi connectivity index (χ1n) is 7.17. The Bertz CT molecular complexity index is 588. The Balaban J connectivity index is 1.84. The van der Waals surface area contributed by atoms with E-state index < -0.39 is 0 Å². The molecule has 2 rings (SSSR count). The average Bonchev–Trinajstić information content (AvgIpc) is 2.43. The third-order valence-corrected chi connectivity index (χ3v) is 3.18. The van der Waals surface area contributed by atoms with Crippen LogP contribution in [0.5, 0.6) is 11.5 Å². The van der Waals surface area contributed by atoms with Gasteiger partial charge < -0.3 is 15.2 Å². The second-order valence-electron chi connectivity index (χ2n) is 6.05. The van der Waals surface area contributed by atoms with Crippen molar-refractivity contribution in [3.8, 4) is 11.5 Å². The lowest BCUT2D eigenvalue weighted by Crippen LogP contribution is -2.12. The highest BCUT2D eigenvalue weighted by Gasteiger charge is 2.13. The number of nitrogen functional groups attached to an aromatic ring is 1. The molecule has 0 fully saturated rings. The molecule has 0 aromatic heterocycles. The minimum absolute atomic E-state index is 0.122. The first-order valence-corrected chi connectivity index (χ1v) is 7.17. The lowest BCUT2D eigenvalue weighted by atomic mass is 9.87. The van der Waals surface area contributed by atoms with Gasteiger partial charge in [-0.1, -0.05) is 39.0 Å². The maximum atomic E-state index is 5.74. The van der Waals surface area contributed by atoms with Gasteiger partial charge in [-0.3, -0.25) is 0 Å². The molecule has 3 heteroatoms. The summed E-state index contributed by atoms with van der Waals surface area (Å²) in [6, 6.07) is 15.6. The third kappa shape index (κ3) is 4.71. The van der Waals surface area contributed by atoms with Crippen molar-refractivity contribution >= 4 is 5.69 Å². The van der Waals surface area contributed by atoms with E-state index in [0.717, 1.165) is 11.5 Å². The monoisotopic (exact) mass is 285 g/mol. The van der Waals surface area contributed by atoms with Crippen LogP contribution < -0.4 is 15.2 Å². The lowest BCUT2D eigenvalue weighted by Gasteiger charge is -2.19. The van der Waals surface area contributed by atoms with Crippen LogP contribution >= 0.6 is 0 Å². The van der Waals surface area contributed by atoms with E-state index in [0.29, 0.717) is 18.9 Å². The fraction of sp³-hybridized carbons (Fsp3) is 0.333. The van der Waals surface area contributed by atoms with Gasteiger partial charge in [0.2, 0.25) is 0 Å². The smallest absolute Gasteiger partial charge is 0.122 e. The molecule has 0 unspecified atom stereocenters. The number of rotatable bonds is 5. The van der Waals surface area contributed by atoms with Crippen molar-refractivity contribution in [1.29, 1.82) is 0 Å². The van der Waals surface area contributed by atoms with Crippen molar-refractivity contribution in [1.82, 2.24) is 0 Å². The first-order chi connectivity index (χ1) is 9.95. The summed E-state index contributed by atoms with van der Waals surface area (Å²) in [5.41, 5.74) is 7.78. The lowest BCUT2D eigenvalue weighted by molar-refractivity contribution is 0.217. The molecule has 0 heterocycles. The maximum Gasteiger partial charge on any atom is 0.122 e. The van der Waals surface area contributed by atoms with Crippen molar-refractivity contribution in [3.63, 3.8) is 0 Å². The summed E-state index contributed by atoms with van der Waals surface area (Å²) in [6.07, 6.45) is 0. The van der Waals surface area contributed by atoms with Gasteiger partial charge >= 0.3 is 0 Å². The topological polar surface area (TPSA) is 44.5 Å². The quantitative estimate of drug-likeness (QED) is 0.666. The minimum atomic E-state index is 0.122. The van der Waals surface area contributed by atoms with E-state index in [9.17, 15) is 0 Å². The number of hydrogen-bond donors (Lipinski definition) is 1. The molecule has 2 aromatic rings. The zero-order chi connectivity index (χ0) is 15.3. The zero-order valence-electron chi connectivity index (χ0n) is 12.9. The van der Waals surface area contributed by atoms with E-state index in [4.69, 9.17) is 15.2 Å². The van der Waals surface area contributed by atoms with Gasteiger partial charge in [-0.25, -0.2) is 0 Å². The van der Waals surface area contributed by atoms with Gasteiger partial charge in [0, 0.05) is 11.8 Å². The maximum absolute atomic E-state index is 5.74. The summed E-state index contributed by atoms with van der Waals surface area (Å²) in [5, 5.41) is 0.